The van der Waals surface area contributed by atoms with Gasteiger partial charge in [-0.05, 0) is 51.2 Å². The summed E-state index contributed by atoms with van der Waals surface area (Å²) >= 11 is 0. The molecule has 4 heteroatoms. The third kappa shape index (κ3) is 4.33. The Morgan fingerprint density at radius 1 is 1.13 bits per heavy atom. The smallest absolute Gasteiger partial charge is 0.251 e. The van der Waals surface area contributed by atoms with Crippen LogP contribution in [-0.4, -0.2) is 31.4 Å². The molecule has 2 rings (SSSR count). The topological polar surface area (TPSA) is 58.4 Å². The van der Waals surface area contributed by atoms with E-state index < -0.39 is 0 Å². The van der Waals surface area contributed by atoms with Gasteiger partial charge in [0.25, 0.3) is 5.91 Å². The van der Waals surface area contributed by atoms with Crippen LogP contribution in [0.1, 0.15) is 33.1 Å². The molecule has 0 spiro atoms. The molecule has 1 amide bonds. The highest BCUT2D eigenvalue weighted by atomic mass is 16.1. The summed E-state index contributed by atoms with van der Waals surface area (Å²) < 4.78 is 0. The van der Waals surface area contributed by atoms with Crippen molar-refractivity contribution in [3.63, 3.8) is 0 Å². The molecule has 0 aliphatic carbocycles. The number of nitrogens with two attached hydrogens (primary N) is 1. The summed E-state index contributed by atoms with van der Waals surface area (Å²) in [5.41, 5.74) is 10.4. The first-order chi connectivity index (χ1) is 10.9. The van der Waals surface area contributed by atoms with Crippen LogP contribution in [0.25, 0.3) is 0 Å². The second-order valence-electron chi connectivity index (χ2n) is 6.17. The Morgan fingerprint density at radius 2 is 1.78 bits per heavy atom. The molecule has 3 N–H and O–H groups in total. The van der Waals surface area contributed by atoms with Crippen LogP contribution in [0.3, 0.4) is 0 Å². The summed E-state index contributed by atoms with van der Waals surface area (Å²) in [4.78, 5) is 14.6. The third-order valence-corrected chi connectivity index (χ3v) is 4.05. The molecule has 0 aromatic heterocycles. The molecule has 0 aliphatic rings. The van der Waals surface area contributed by atoms with E-state index >= 15 is 0 Å². The predicted molar refractivity (Wildman–Crippen MR) is 95.5 cm³/mol. The summed E-state index contributed by atoms with van der Waals surface area (Å²) in [6.45, 7) is 4.53. The van der Waals surface area contributed by atoms with Crippen molar-refractivity contribution in [2.45, 2.75) is 19.9 Å². The van der Waals surface area contributed by atoms with Gasteiger partial charge in [-0.1, -0.05) is 35.9 Å². The van der Waals surface area contributed by atoms with E-state index in [-0.39, 0.29) is 11.9 Å². The van der Waals surface area contributed by atoms with Crippen molar-refractivity contribution in [1.29, 1.82) is 0 Å². The second-order valence-corrected chi connectivity index (χ2v) is 6.17. The number of hydrogen-bond acceptors (Lipinski definition) is 3. The van der Waals surface area contributed by atoms with Crippen LogP contribution < -0.4 is 11.1 Å². The summed E-state index contributed by atoms with van der Waals surface area (Å²) in [5, 5.41) is 3.03. The average Bonchev–Trinajstić information content (AvgIpc) is 2.51. The quantitative estimate of drug-likeness (QED) is 0.835. The van der Waals surface area contributed by atoms with E-state index in [0.29, 0.717) is 17.8 Å². The zero-order valence-corrected chi connectivity index (χ0v) is 14.3. The minimum absolute atomic E-state index is 0.0891. The first-order valence-electron chi connectivity index (χ1n) is 7.76. The molecule has 122 valence electrons. The van der Waals surface area contributed by atoms with Crippen molar-refractivity contribution in [1.82, 2.24) is 10.2 Å². The minimum atomic E-state index is -0.0891. The SMILES string of the molecule is Cc1ccc(C(CNC(=O)c2cc(N)ccc2C)N(C)C)cc1. The Labute approximate surface area is 138 Å². The number of rotatable bonds is 5. The average molecular weight is 311 g/mol. The van der Waals surface area contributed by atoms with Crippen molar-refractivity contribution >= 4 is 11.6 Å². The maximum absolute atomic E-state index is 12.4. The van der Waals surface area contributed by atoms with E-state index in [1.54, 1.807) is 12.1 Å². The first kappa shape index (κ1) is 17.0. The van der Waals surface area contributed by atoms with Gasteiger partial charge in [-0.15, -0.1) is 0 Å². The van der Waals surface area contributed by atoms with Gasteiger partial charge in [0.1, 0.15) is 0 Å². The Balaban J connectivity index is 2.11. The largest absolute Gasteiger partial charge is 0.399 e. The van der Waals surface area contributed by atoms with Crippen molar-refractivity contribution in [3.8, 4) is 0 Å². The van der Waals surface area contributed by atoms with Crippen molar-refractivity contribution < 1.29 is 4.79 Å². The molecular weight excluding hydrogens is 286 g/mol. The molecule has 4 nitrogen and oxygen atoms in total. The van der Waals surface area contributed by atoms with Crippen molar-refractivity contribution in [2.75, 3.05) is 26.4 Å². The third-order valence-electron chi connectivity index (χ3n) is 4.05. The molecule has 0 heterocycles. The van der Waals surface area contributed by atoms with Crippen LogP contribution in [-0.2, 0) is 0 Å². The fraction of sp³-hybridized carbons (Fsp3) is 0.316. The van der Waals surface area contributed by atoms with Crippen LogP contribution >= 0.6 is 0 Å². The van der Waals surface area contributed by atoms with Crippen LogP contribution in [0, 0.1) is 13.8 Å². The van der Waals surface area contributed by atoms with Gasteiger partial charge >= 0.3 is 0 Å². The molecule has 0 saturated heterocycles. The highest BCUT2D eigenvalue weighted by Gasteiger charge is 2.16. The Bertz CT molecular complexity index is 678. The van der Waals surface area contributed by atoms with Gasteiger partial charge in [0, 0.05) is 17.8 Å². The number of likely N-dealkylation sites (N-methyl/N-ethyl adjacent to an activating group) is 1. The lowest BCUT2D eigenvalue weighted by Crippen LogP contribution is -2.34. The number of nitrogen functional groups attached to an aromatic ring is 1. The molecule has 0 saturated carbocycles. The zero-order valence-electron chi connectivity index (χ0n) is 14.3. The number of anilines is 1. The summed E-state index contributed by atoms with van der Waals surface area (Å²) in [5.74, 6) is -0.0891. The lowest BCUT2D eigenvalue weighted by atomic mass is 10.0. The number of carbonyl (C=O) groups is 1. The molecule has 0 fully saturated rings. The molecule has 1 unspecified atom stereocenters. The number of aryl methyl sites for hydroxylation is 2. The minimum Gasteiger partial charge on any atom is -0.399 e. The number of nitrogens with zero attached hydrogens (tertiary/aromatic N) is 1. The molecular formula is C19H25N3O. The normalized spacial score (nSPS) is 12.2. The second kappa shape index (κ2) is 7.29. The molecule has 23 heavy (non-hydrogen) atoms. The lowest BCUT2D eigenvalue weighted by Gasteiger charge is -2.25. The fourth-order valence-corrected chi connectivity index (χ4v) is 2.56. The molecule has 1 atom stereocenters. The number of amides is 1. The van der Waals surface area contributed by atoms with E-state index in [9.17, 15) is 4.79 Å². The van der Waals surface area contributed by atoms with E-state index in [0.717, 1.165) is 5.56 Å². The highest BCUT2D eigenvalue weighted by Crippen LogP contribution is 2.19. The van der Waals surface area contributed by atoms with Crippen LogP contribution in [0.15, 0.2) is 42.5 Å². The van der Waals surface area contributed by atoms with Gasteiger partial charge in [-0.3, -0.25) is 4.79 Å². The van der Waals surface area contributed by atoms with Gasteiger partial charge in [0.05, 0.1) is 6.04 Å². The van der Waals surface area contributed by atoms with Crippen molar-refractivity contribution in [2.24, 2.45) is 0 Å². The molecule has 0 aliphatic heterocycles. The summed E-state index contributed by atoms with van der Waals surface area (Å²) in [7, 11) is 4.03. The van der Waals surface area contributed by atoms with Gasteiger partial charge < -0.3 is 16.0 Å². The predicted octanol–water partition coefficient (Wildman–Crippen LogP) is 2.92. The van der Waals surface area contributed by atoms with Gasteiger partial charge in [-0.25, -0.2) is 0 Å². The maximum atomic E-state index is 12.4. The van der Waals surface area contributed by atoms with Crippen LogP contribution in [0.4, 0.5) is 5.69 Å². The Morgan fingerprint density at radius 3 is 2.39 bits per heavy atom. The van der Waals surface area contributed by atoms with E-state index in [4.69, 9.17) is 5.73 Å². The van der Waals surface area contributed by atoms with Gasteiger partial charge in [0.15, 0.2) is 0 Å². The summed E-state index contributed by atoms with van der Waals surface area (Å²) in [6.07, 6.45) is 0. The van der Waals surface area contributed by atoms with Crippen LogP contribution in [0.2, 0.25) is 0 Å². The highest BCUT2D eigenvalue weighted by molar-refractivity contribution is 5.96. The zero-order chi connectivity index (χ0) is 17.0. The van der Waals surface area contributed by atoms with Gasteiger partial charge in [0.2, 0.25) is 0 Å². The Kier molecular flexibility index (Phi) is 5.40. The maximum Gasteiger partial charge on any atom is 0.251 e. The lowest BCUT2D eigenvalue weighted by molar-refractivity contribution is 0.0941. The molecule has 2 aromatic carbocycles. The molecule has 0 bridgehead atoms. The number of carbonyl (C=O) groups excluding carboxylic acids is 1. The van der Waals surface area contributed by atoms with E-state index in [1.165, 1.54) is 11.1 Å². The van der Waals surface area contributed by atoms with Crippen molar-refractivity contribution in [3.05, 3.63) is 64.7 Å². The first-order valence-corrected chi connectivity index (χ1v) is 7.76. The van der Waals surface area contributed by atoms with Gasteiger partial charge in [-0.2, -0.15) is 0 Å². The summed E-state index contributed by atoms with van der Waals surface area (Å²) in [6, 6.07) is 13.9. The number of hydrogen-bond donors (Lipinski definition) is 2. The number of nitrogens with one attached hydrogen (secondary N) is 1. The fourth-order valence-electron chi connectivity index (χ4n) is 2.56. The van der Waals surface area contributed by atoms with E-state index in [2.05, 4.69) is 41.4 Å². The standard InChI is InChI=1S/C19H25N3O/c1-13-5-8-15(9-6-13)18(22(3)4)12-21-19(23)17-11-16(20)10-7-14(17)2/h5-11,18H,12,20H2,1-4H3,(H,21,23). The molecule has 2 aromatic rings. The van der Waals surface area contributed by atoms with Crippen LogP contribution in [0.5, 0.6) is 0 Å². The Hall–Kier alpha value is -2.33. The monoisotopic (exact) mass is 311 g/mol. The van der Waals surface area contributed by atoms with E-state index in [1.807, 2.05) is 27.1 Å². The number of benzene rings is 2. The molecule has 0 radical (unpaired) electrons.